The molecule has 3 fully saturated rings. The van der Waals surface area contributed by atoms with Gasteiger partial charge < -0.3 is 15.3 Å². The van der Waals surface area contributed by atoms with Crippen LogP contribution in [0.1, 0.15) is 60.1 Å². The fourth-order valence-corrected chi connectivity index (χ4v) is 6.28. The lowest BCUT2D eigenvalue weighted by atomic mass is 9.79. The highest BCUT2D eigenvalue weighted by Gasteiger charge is 2.48. The molecule has 3 aliphatic rings. The third-order valence-corrected chi connectivity index (χ3v) is 8.18. The van der Waals surface area contributed by atoms with Gasteiger partial charge in [0.25, 0.3) is 5.91 Å². The van der Waals surface area contributed by atoms with Crippen LogP contribution in [0.3, 0.4) is 0 Å². The molecule has 2 atom stereocenters. The average molecular weight is 517 g/mol. The van der Waals surface area contributed by atoms with Crippen LogP contribution in [-0.2, 0) is 16.6 Å². The van der Waals surface area contributed by atoms with Gasteiger partial charge in [0, 0.05) is 43.0 Å². The Bertz CT molecular complexity index is 1140. The third-order valence-electron chi connectivity index (χ3n) is 8.18. The highest BCUT2D eigenvalue weighted by Crippen LogP contribution is 2.41. The number of hydrogen-bond donors (Lipinski definition) is 2. The number of halogens is 3. The van der Waals surface area contributed by atoms with Crippen molar-refractivity contribution in [2.24, 2.45) is 0 Å². The van der Waals surface area contributed by atoms with Gasteiger partial charge in [-0.15, -0.1) is 0 Å². The summed E-state index contributed by atoms with van der Waals surface area (Å²) in [6, 6.07) is 10.4. The monoisotopic (exact) mass is 516 g/mol. The number of aliphatic hydroxyl groups is 1. The van der Waals surface area contributed by atoms with Gasteiger partial charge in [-0.05, 0) is 68.9 Å². The van der Waals surface area contributed by atoms with Crippen LogP contribution in [-0.4, -0.2) is 69.5 Å². The van der Waals surface area contributed by atoms with Crippen LogP contribution in [0.15, 0.2) is 48.7 Å². The molecule has 1 saturated carbocycles. The molecule has 2 saturated heterocycles. The first kappa shape index (κ1) is 25.7. The second kappa shape index (κ2) is 10.1. The van der Waals surface area contributed by atoms with Gasteiger partial charge in [0.15, 0.2) is 0 Å². The standard InChI is InChI=1S/C27H31F3N4O3/c28-27(29,30)19-5-3-4-18(16-19)25(36)32-17-24(35)34-15-10-21-22(34)9-14-33(21)20-7-11-26(37,12-8-20)23-6-1-2-13-31-23/h1-6,13,16,20-22,37H,7-12,14-15,17H2,(H,32,36)/t20-,21?,22?,26+. The van der Waals surface area contributed by atoms with E-state index < -0.39 is 23.2 Å². The first-order valence-corrected chi connectivity index (χ1v) is 12.8. The van der Waals surface area contributed by atoms with E-state index in [1.807, 2.05) is 23.1 Å². The van der Waals surface area contributed by atoms with Crippen LogP contribution in [0.4, 0.5) is 13.2 Å². The van der Waals surface area contributed by atoms with Gasteiger partial charge >= 0.3 is 6.18 Å². The number of fused-ring (bicyclic) bond motifs is 1. The zero-order valence-electron chi connectivity index (χ0n) is 20.5. The number of amides is 2. The van der Waals surface area contributed by atoms with Crippen molar-refractivity contribution in [3.8, 4) is 0 Å². The summed E-state index contributed by atoms with van der Waals surface area (Å²) in [4.78, 5) is 34.0. The van der Waals surface area contributed by atoms with Crippen molar-refractivity contribution in [1.29, 1.82) is 0 Å². The molecular formula is C27H31F3N4O3. The Hall–Kier alpha value is -2.98. The largest absolute Gasteiger partial charge is 0.416 e. The van der Waals surface area contributed by atoms with Gasteiger partial charge in [0.1, 0.15) is 5.60 Å². The highest BCUT2D eigenvalue weighted by molar-refractivity contribution is 5.96. The number of likely N-dealkylation sites (tertiary alicyclic amines) is 2. The lowest BCUT2D eigenvalue weighted by Crippen LogP contribution is -2.47. The van der Waals surface area contributed by atoms with Gasteiger partial charge in [0.2, 0.25) is 5.91 Å². The van der Waals surface area contributed by atoms with E-state index in [0.29, 0.717) is 25.4 Å². The van der Waals surface area contributed by atoms with Crippen LogP contribution < -0.4 is 5.32 Å². The highest BCUT2D eigenvalue weighted by atomic mass is 19.4. The zero-order chi connectivity index (χ0) is 26.2. The van der Waals surface area contributed by atoms with Crippen molar-refractivity contribution in [3.05, 3.63) is 65.5 Å². The number of hydrogen-bond acceptors (Lipinski definition) is 5. The Morgan fingerprint density at radius 1 is 1.03 bits per heavy atom. The summed E-state index contributed by atoms with van der Waals surface area (Å²) in [5, 5.41) is 13.6. The molecule has 5 rings (SSSR count). The van der Waals surface area contributed by atoms with Crippen molar-refractivity contribution < 1.29 is 27.9 Å². The maximum absolute atomic E-state index is 12.9. The summed E-state index contributed by atoms with van der Waals surface area (Å²) in [6.45, 7) is 1.22. The summed E-state index contributed by atoms with van der Waals surface area (Å²) in [6.07, 6.45) is 1.86. The van der Waals surface area contributed by atoms with E-state index in [2.05, 4.69) is 15.2 Å². The molecule has 2 aliphatic heterocycles. The van der Waals surface area contributed by atoms with Crippen LogP contribution in [0.2, 0.25) is 0 Å². The van der Waals surface area contributed by atoms with E-state index in [-0.39, 0.29) is 30.1 Å². The Balaban J connectivity index is 1.14. The van der Waals surface area contributed by atoms with E-state index in [0.717, 1.165) is 50.1 Å². The predicted octanol–water partition coefficient (Wildman–Crippen LogP) is 3.34. The fraction of sp³-hybridized carbons (Fsp3) is 0.519. The molecule has 2 amide bonds. The minimum absolute atomic E-state index is 0.0644. The quantitative estimate of drug-likeness (QED) is 0.637. The summed E-state index contributed by atoms with van der Waals surface area (Å²) < 4.78 is 38.8. The molecule has 0 spiro atoms. The third kappa shape index (κ3) is 5.22. The van der Waals surface area contributed by atoms with Crippen molar-refractivity contribution >= 4 is 11.8 Å². The maximum Gasteiger partial charge on any atom is 0.416 e. The van der Waals surface area contributed by atoms with Crippen LogP contribution in [0.5, 0.6) is 0 Å². The Labute approximate surface area is 213 Å². The van der Waals surface area contributed by atoms with Gasteiger partial charge in [0.05, 0.1) is 17.8 Å². The number of benzene rings is 1. The number of carbonyl (C=O) groups excluding carboxylic acids is 2. The number of nitrogens with zero attached hydrogens (tertiary/aromatic N) is 3. The number of nitrogens with one attached hydrogen (secondary N) is 1. The minimum atomic E-state index is -4.54. The van der Waals surface area contributed by atoms with Crippen LogP contribution >= 0.6 is 0 Å². The normalized spacial score (nSPS) is 28.2. The molecule has 10 heteroatoms. The van der Waals surface area contributed by atoms with Gasteiger partial charge in [-0.1, -0.05) is 12.1 Å². The molecular weight excluding hydrogens is 485 g/mol. The lowest BCUT2D eigenvalue weighted by Gasteiger charge is -2.41. The number of pyridine rings is 1. The first-order chi connectivity index (χ1) is 17.7. The van der Waals surface area contributed by atoms with Crippen molar-refractivity contribution in [3.63, 3.8) is 0 Å². The minimum Gasteiger partial charge on any atom is -0.384 e. The Morgan fingerprint density at radius 2 is 1.78 bits per heavy atom. The molecule has 3 heterocycles. The van der Waals surface area contributed by atoms with E-state index >= 15 is 0 Å². The molecule has 2 N–H and O–H groups in total. The molecule has 1 aromatic carbocycles. The van der Waals surface area contributed by atoms with E-state index in [1.165, 1.54) is 12.1 Å². The number of rotatable bonds is 5. The molecule has 0 bridgehead atoms. The summed E-state index contributed by atoms with van der Waals surface area (Å²) in [5.41, 5.74) is -1.21. The number of carbonyl (C=O) groups is 2. The Morgan fingerprint density at radius 3 is 2.49 bits per heavy atom. The molecule has 37 heavy (non-hydrogen) atoms. The van der Waals surface area contributed by atoms with Crippen molar-refractivity contribution in [1.82, 2.24) is 20.1 Å². The van der Waals surface area contributed by atoms with Gasteiger partial charge in [-0.3, -0.25) is 19.5 Å². The second-order valence-corrected chi connectivity index (χ2v) is 10.3. The van der Waals surface area contributed by atoms with Crippen LogP contribution in [0, 0.1) is 0 Å². The molecule has 198 valence electrons. The van der Waals surface area contributed by atoms with Crippen molar-refractivity contribution in [2.75, 3.05) is 19.6 Å². The van der Waals surface area contributed by atoms with E-state index in [9.17, 15) is 27.9 Å². The maximum atomic E-state index is 12.9. The molecule has 2 unspecified atom stereocenters. The topological polar surface area (TPSA) is 85.8 Å². The fourth-order valence-electron chi connectivity index (χ4n) is 6.28. The van der Waals surface area contributed by atoms with E-state index in [4.69, 9.17) is 0 Å². The average Bonchev–Trinajstić information content (AvgIpc) is 3.50. The molecule has 2 aromatic rings. The molecule has 7 nitrogen and oxygen atoms in total. The predicted molar refractivity (Wildman–Crippen MR) is 129 cm³/mol. The summed E-state index contributed by atoms with van der Waals surface area (Å²) >= 11 is 0. The SMILES string of the molecule is O=C(NCC(=O)N1CCC2C1CCN2[C@H]1CC[C@](O)(c2ccccn2)CC1)c1cccc(C(F)(F)F)c1. The molecule has 0 radical (unpaired) electrons. The smallest absolute Gasteiger partial charge is 0.384 e. The molecule has 1 aromatic heterocycles. The Kier molecular flexibility index (Phi) is 6.97. The second-order valence-electron chi connectivity index (χ2n) is 10.3. The van der Waals surface area contributed by atoms with Gasteiger partial charge in [-0.2, -0.15) is 13.2 Å². The zero-order valence-corrected chi connectivity index (χ0v) is 20.5. The summed E-state index contributed by atoms with van der Waals surface area (Å²) in [7, 11) is 0. The van der Waals surface area contributed by atoms with Gasteiger partial charge in [-0.25, -0.2) is 0 Å². The lowest BCUT2D eigenvalue weighted by molar-refractivity contribution is -0.137. The van der Waals surface area contributed by atoms with Crippen molar-refractivity contribution in [2.45, 2.75) is 68.4 Å². The first-order valence-electron chi connectivity index (χ1n) is 12.8. The van der Waals surface area contributed by atoms with E-state index in [1.54, 1.807) is 6.20 Å². The van der Waals surface area contributed by atoms with Crippen LogP contribution in [0.25, 0.3) is 0 Å². The number of alkyl halides is 3. The number of aromatic nitrogens is 1. The molecule has 1 aliphatic carbocycles. The summed E-state index contributed by atoms with van der Waals surface area (Å²) in [5.74, 6) is -0.923.